The van der Waals surface area contributed by atoms with Crippen LogP contribution in [0.5, 0.6) is 0 Å². The molecule has 1 aromatic carbocycles. The van der Waals surface area contributed by atoms with Crippen molar-refractivity contribution in [3.8, 4) is 0 Å². The maximum absolute atomic E-state index is 12.1. The Bertz CT molecular complexity index is 420. The van der Waals surface area contributed by atoms with Crippen LogP contribution >= 0.6 is 12.2 Å². The second-order valence-corrected chi connectivity index (χ2v) is 5.47. The van der Waals surface area contributed by atoms with Gasteiger partial charge in [0.15, 0.2) is 0 Å². The lowest BCUT2D eigenvalue weighted by molar-refractivity contribution is -0.122. The lowest BCUT2D eigenvalue weighted by Gasteiger charge is -2.15. The minimum absolute atomic E-state index is 0.0575. The summed E-state index contributed by atoms with van der Waals surface area (Å²) in [6.45, 7) is 2.87. The molecule has 1 amide bonds. The van der Waals surface area contributed by atoms with Crippen LogP contribution in [-0.4, -0.2) is 17.4 Å². The summed E-state index contributed by atoms with van der Waals surface area (Å²) in [6.07, 6.45) is 5.12. The van der Waals surface area contributed by atoms with Gasteiger partial charge in [-0.25, -0.2) is 0 Å². The first kappa shape index (κ1) is 16.6. The lowest BCUT2D eigenvalue weighted by Crippen LogP contribution is -2.39. The minimum atomic E-state index is -0.418. The van der Waals surface area contributed by atoms with E-state index in [0.29, 0.717) is 13.0 Å². The molecule has 0 aromatic heterocycles. The number of rotatable bonds is 9. The summed E-state index contributed by atoms with van der Waals surface area (Å²) in [6, 6.07) is 9.83. The fourth-order valence-electron chi connectivity index (χ4n) is 2.06. The molecular weight excluding hydrogens is 268 g/mol. The van der Waals surface area contributed by atoms with Crippen LogP contribution < -0.4 is 11.1 Å². The van der Waals surface area contributed by atoms with Gasteiger partial charge in [0, 0.05) is 6.54 Å². The maximum Gasteiger partial charge on any atom is 0.230 e. The van der Waals surface area contributed by atoms with Gasteiger partial charge in [-0.05, 0) is 18.4 Å². The Labute approximate surface area is 126 Å². The Hall–Kier alpha value is -1.42. The molecule has 0 radical (unpaired) electrons. The largest absolute Gasteiger partial charge is 0.393 e. The Kier molecular flexibility index (Phi) is 7.88. The third kappa shape index (κ3) is 6.15. The maximum atomic E-state index is 12.1. The molecule has 1 atom stereocenters. The molecule has 3 N–H and O–H groups in total. The average molecular weight is 292 g/mol. The molecule has 0 bridgehead atoms. The van der Waals surface area contributed by atoms with Gasteiger partial charge in [0.05, 0.1) is 10.9 Å². The zero-order valence-electron chi connectivity index (χ0n) is 12.1. The summed E-state index contributed by atoms with van der Waals surface area (Å²) in [5, 5.41) is 2.94. The first-order valence-electron chi connectivity index (χ1n) is 7.26. The van der Waals surface area contributed by atoms with Gasteiger partial charge in [-0.2, -0.15) is 0 Å². The topological polar surface area (TPSA) is 55.1 Å². The van der Waals surface area contributed by atoms with Crippen LogP contribution in [0, 0.1) is 5.92 Å². The lowest BCUT2D eigenvalue weighted by atomic mass is 9.98. The molecule has 4 heteroatoms. The van der Waals surface area contributed by atoms with Crippen molar-refractivity contribution in [3.63, 3.8) is 0 Å². The van der Waals surface area contributed by atoms with E-state index < -0.39 is 5.92 Å². The van der Waals surface area contributed by atoms with Crippen molar-refractivity contribution in [2.75, 3.05) is 6.54 Å². The summed E-state index contributed by atoms with van der Waals surface area (Å²) in [5.41, 5.74) is 6.78. The number of carbonyl (C=O) groups excluding carboxylic acids is 1. The van der Waals surface area contributed by atoms with Crippen molar-refractivity contribution in [3.05, 3.63) is 35.9 Å². The predicted octanol–water partition coefficient (Wildman–Crippen LogP) is 2.83. The number of nitrogens with two attached hydrogens (primary N) is 1. The highest BCUT2D eigenvalue weighted by molar-refractivity contribution is 7.80. The summed E-state index contributed by atoms with van der Waals surface area (Å²) in [7, 11) is 0. The van der Waals surface area contributed by atoms with Gasteiger partial charge >= 0.3 is 0 Å². The molecule has 0 heterocycles. The number of carbonyl (C=O) groups is 1. The highest BCUT2D eigenvalue weighted by Gasteiger charge is 2.21. The zero-order chi connectivity index (χ0) is 14.8. The number of thiocarbonyl (C=S) groups is 1. The Morgan fingerprint density at radius 3 is 2.55 bits per heavy atom. The van der Waals surface area contributed by atoms with Crippen molar-refractivity contribution in [2.24, 2.45) is 11.7 Å². The van der Waals surface area contributed by atoms with Gasteiger partial charge in [0.1, 0.15) is 0 Å². The van der Waals surface area contributed by atoms with Gasteiger partial charge in [0.25, 0.3) is 0 Å². The van der Waals surface area contributed by atoms with Crippen LogP contribution in [0.1, 0.15) is 38.2 Å². The fraction of sp³-hybridized carbons (Fsp3) is 0.500. The standard InChI is InChI=1S/C16H24N2OS/c1-2-3-4-8-11-18-16(19)14(15(17)20)12-13-9-6-5-7-10-13/h5-7,9-10,14H,2-4,8,11-12H2,1H3,(H2,17,20)(H,18,19). The number of nitrogens with one attached hydrogen (secondary N) is 1. The molecule has 1 unspecified atom stereocenters. The summed E-state index contributed by atoms with van der Waals surface area (Å²) >= 11 is 5.03. The van der Waals surface area contributed by atoms with E-state index in [2.05, 4.69) is 12.2 Å². The molecule has 20 heavy (non-hydrogen) atoms. The molecule has 1 aromatic rings. The molecule has 0 aliphatic carbocycles. The van der Waals surface area contributed by atoms with E-state index in [1.807, 2.05) is 30.3 Å². The van der Waals surface area contributed by atoms with Crippen LogP contribution in [0.15, 0.2) is 30.3 Å². The van der Waals surface area contributed by atoms with Crippen molar-refractivity contribution in [2.45, 2.75) is 39.0 Å². The molecule has 1 rings (SSSR count). The van der Waals surface area contributed by atoms with Crippen LogP contribution in [0.2, 0.25) is 0 Å². The zero-order valence-corrected chi connectivity index (χ0v) is 12.9. The monoisotopic (exact) mass is 292 g/mol. The molecule has 0 aliphatic rings. The predicted molar refractivity (Wildman–Crippen MR) is 87.6 cm³/mol. The number of benzene rings is 1. The van der Waals surface area contributed by atoms with Gasteiger partial charge < -0.3 is 11.1 Å². The molecule has 0 saturated heterocycles. The van der Waals surface area contributed by atoms with Crippen LogP contribution in [0.3, 0.4) is 0 Å². The highest BCUT2D eigenvalue weighted by atomic mass is 32.1. The number of unbranched alkanes of at least 4 members (excludes halogenated alkanes) is 3. The van der Waals surface area contributed by atoms with Crippen molar-refractivity contribution in [1.82, 2.24) is 5.32 Å². The van der Waals surface area contributed by atoms with Crippen molar-refractivity contribution < 1.29 is 4.79 Å². The Balaban J connectivity index is 2.45. The van der Waals surface area contributed by atoms with Gasteiger partial charge in [-0.15, -0.1) is 0 Å². The van der Waals surface area contributed by atoms with Crippen LogP contribution in [0.25, 0.3) is 0 Å². The molecule has 110 valence electrons. The van der Waals surface area contributed by atoms with E-state index in [-0.39, 0.29) is 10.9 Å². The molecule has 3 nitrogen and oxygen atoms in total. The first-order valence-corrected chi connectivity index (χ1v) is 7.67. The van der Waals surface area contributed by atoms with E-state index >= 15 is 0 Å². The van der Waals surface area contributed by atoms with Crippen LogP contribution in [-0.2, 0) is 11.2 Å². The second-order valence-electron chi connectivity index (χ2n) is 5.00. The van der Waals surface area contributed by atoms with E-state index in [0.717, 1.165) is 18.4 Å². The summed E-state index contributed by atoms with van der Waals surface area (Å²) in [4.78, 5) is 12.4. The second kappa shape index (κ2) is 9.48. The summed E-state index contributed by atoms with van der Waals surface area (Å²) in [5.74, 6) is -0.476. The Morgan fingerprint density at radius 1 is 1.25 bits per heavy atom. The SMILES string of the molecule is CCCCCCNC(=O)C(Cc1ccccc1)C(N)=S. The minimum Gasteiger partial charge on any atom is -0.393 e. The van der Waals surface area contributed by atoms with Gasteiger partial charge in [-0.3, -0.25) is 4.79 Å². The molecule has 0 spiro atoms. The highest BCUT2D eigenvalue weighted by Crippen LogP contribution is 2.10. The van der Waals surface area contributed by atoms with Gasteiger partial charge in [0.2, 0.25) is 5.91 Å². The number of hydrogen-bond acceptors (Lipinski definition) is 2. The first-order chi connectivity index (χ1) is 9.65. The van der Waals surface area contributed by atoms with Crippen LogP contribution in [0.4, 0.5) is 0 Å². The molecular formula is C16H24N2OS. The quantitative estimate of drug-likeness (QED) is 0.543. The van der Waals surface area contributed by atoms with E-state index in [1.54, 1.807) is 0 Å². The average Bonchev–Trinajstić information content (AvgIpc) is 2.45. The normalized spacial score (nSPS) is 11.8. The number of hydrogen-bond donors (Lipinski definition) is 2. The van der Waals surface area contributed by atoms with Gasteiger partial charge in [-0.1, -0.05) is 68.7 Å². The molecule has 0 aliphatic heterocycles. The third-order valence-electron chi connectivity index (χ3n) is 3.27. The van der Waals surface area contributed by atoms with E-state index in [4.69, 9.17) is 18.0 Å². The Morgan fingerprint density at radius 2 is 1.95 bits per heavy atom. The van der Waals surface area contributed by atoms with E-state index in [9.17, 15) is 4.79 Å². The van der Waals surface area contributed by atoms with Crippen molar-refractivity contribution in [1.29, 1.82) is 0 Å². The smallest absolute Gasteiger partial charge is 0.230 e. The molecule has 0 fully saturated rings. The third-order valence-corrected chi connectivity index (χ3v) is 3.56. The fourth-order valence-corrected chi connectivity index (χ4v) is 2.25. The van der Waals surface area contributed by atoms with E-state index in [1.165, 1.54) is 12.8 Å². The molecule has 0 saturated carbocycles. The number of amides is 1. The van der Waals surface area contributed by atoms with Crippen molar-refractivity contribution >= 4 is 23.1 Å². The summed E-state index contributed by atoms with van der Waals surface area (Å²) < 4.78 is 0.